The maximum Gasteiger partial charge on any atom is 0.137 e. The van der Waals surface area contributed by atoms with Crippen molar-refractivity contribution in [2.24, 2.45) is 0 Å². The predicted octanol–water partition coefficient (Wildman–Crippen LogP) is 11.8. The maximum atomic E-state index is 5.29. The van der Waals surface area contributed by atoms with Gasteiger partial charge in [-0.2, -0.15) is 0 Å². The van der Waals surface area contributed by atoms with Crippen LogP contribution in [0.1, 0.15) is 22.3 Å². The van der Waals surface area contributed by atoms with Gasteiger partial charge in [0.25, 0.3) is 0 Å². The van der Waals surface area contributed by atoms with Crippen molar-refractivity contribution in [1.82, 2.24) is 14.5 Å². The minimum Gasteiger partial charge on any atom is -0.301 e. The first-order valence-corrected chi connectivity index (χ1v) is 17.8. The topological polar surface area (TPSA) is 30.7 Å². The van der Waals surface area contributed by atoms with Crippen LogP contribution in [0.25, 0.3) is 61.6 Å². The monoisotopic (exact) mass is 663 g/mol. The van der Waals surface area contributed by atoms with E-state index < -0.39 is 5.41 Å². The zero-order chi connectivity index (χ0) is 34.5. The zero-order valence-corrected chi connectivity index (χ0v) is 28.4. The van der Waals surface area contributed by atoms with Gasteiger partial charge in [-0.3, -0.25) is 0 Å². The van der Waals surface area contributed by atoms with Crippen LogP contribution in [-0.4, -0.2) is 14.5 Å². The molecule has 0 amide bonds. The van der Waals surface area contributed by atoms with Gasteiger partial charge in [0.1, 0.15) is 5.82 Å². The van der Waals surface area contributed by atoms with Crippen molar-refractivity contribution < 1.29 is 0 Å². The first kappa shape index (κ1) is 30.0. The lowest BCUT2D eigenvalue weighted by Crippen LogP contribution is -2.28. The van der Waals surface area contributed by atoms with E-state index in [4.69, 9.17) is 9.97 Å². The van der Waals surface area contributed by atoms with Crippen molar-refractivity contribution >= 4 is 10.9 Å². The average molecular weight is 664 g/mol. The van der Waals surface area contributed by atoms with Crippen molar-refractivity contribution in [2.75, 3.05) is 0 Å². The molecule has 0 fully saturated rings. The quantitative estimate of drug-likeness (QED) is 0.177. The van der Waals surface area contributed by atoms with E-state index in [0.717, 1.165) is 45.1 Å². The number of hydrogen-bond acceptors (Lipinski definition) is 2. The van der Waals surface area contributed by atoms with Gasteiger partial charge >= 0.3 is 0 Å². The number of pyridine rings is 2. The minimum atomic E-state index is -0.481. The highest BCUT2D eigenvalue weighted by atomic mass is 15.1. The summed E-state index contributed by atoms with van der Waals surface area (Å²) in [6.07, 6.45) is 2.17. The fraction of sp³-hybridized carbons (Fsp3) is 0.0204. The van der Waals surface area contributed by atoms with Gasteiger partial charge in [0, 0.05) is 17.1 Å². The molecule has 0 unspecified atom stereocenters. The van der Waals surface area contributed by atoms with Crippen LogP contribution in [-0.2, 0) is 5.41 Å². The van der Waals surface area contributed by atoms with Crippen molar-refractivity contribution in [3.05, 3.63) is 223 Å². The summed E-state index contributed by atoms with van der Waals surface area (Å²) in [6.45, 7) is 0. The van der Waals surface area contributed by atoms with Gasteiger partial charge in [-0.1, -0.05) is 158 Å². The predicted molar refractivity (Wildman–Crippen MR) is 212 cm³/mol. The lowest BCUT2D eigenvalue weighted by Gasteiger charge is -2.34. The molecule has 0 atom stereocenters. The summed E-state index contributed by atoms with van der Waals surface area (Å²) in [5, 5.41) is 1.21. The van der Waals surface area contributed by atoms with E-state index in [2.05, 4.69) is 193 Å². The number of fused-ring (bicyclic) bond motifs is 5. The van der Waals surface area contributed by atoms with Crippen molar-refractivity contribution in [3.63, 3.8) is 0 Å². The summed E-state index contributed by atoms with van der Waals surface area (Å²) in [4.78, 5) is 10.5. The molecule has 0 N–H and O–H groups in total. The number of rotatable bonds is 6. The Labute approximate surface area is 303 Å². The molecular formula is C49H33N3. The number of benzene rings is 6. The Morgan fingerprint density at radius 3 is 1.73 bits per heavy atom. The summed E-state index contributed by atoms with van der Waals surface area (Å²) in [6, 6.07) is 69.1. The molecule has 0 aliphatic heterocycles. The van der Waals surface area contributed by atoms with Gasteiger partial charge in [-0.15, -0.1) is 0 Å². The Morgan fingerprint density at radius 1 is 0.404 bits per heavy atom. The Hall–Kier alpha value is -6.84. The second-order valence-corrected chi connectivity index (χ2v) is 13.4. The SMILES string of the molecule is c1ccc(-c2cc(-c3ccccc3)nc(-c3cccc(-n4ccc5c6c(ccc54)-c4ccccc4C6(c4ccccc4)c4ccccc4)n3)c2)cc1. The average Bonchev–Trinajstić information content (AvgIpc) is 3.80. The Balaban J connectivity index is 1.17. The Bertz CT molecular complexity index is 2620. The van der Waals surface area contributed by atoms with E-state index in [0.29, 0.717) is 0 Å². The summed E-state index contributed by atoms with van der Waals surface area (Å²) in [5.74, 6) is 0.848. The molecular weight excluding hydrogens is 631 g/mol. The van der Waals surface area contributed by atoms with Gasteiger partial charge in [0.2, 0.25) is 0 Å². The molecule has 0 radical (unpaired) electrons. The molecule has 0 saturated heterocycles. The second kappa shape index (κ2) is 12.2. The van der Waals surface area contributed by atoms with Crippen LogP contribution in [0, 0.1) is 0 Å². The van der Waals surface area contributed by atoms with E-state index in [1.807, 2.05) is 12.1 Å². The van der Waals surface area contributed by atoms with E-state index in [1.54, 1.807) is 0 Å². The third-order valence-electron chi connectivity index (χ3n) is 10.5. The maximum absolute atomic E-state index is 5.29. The van der Waals surface area contributed by atoms with Crippen LogP contribution >= 0.6 is 0 Å². The first-order valence-electron chi connectivity index (χ1n) is 17.8. The molecule has 244 valence electrons. The highest BCUT2D eigenvalue weighted by molar-refractivity contribution is 6.00. The molecule has 10 rings (SSSR count). The van der Waals surface area contributed by atoms with Crippen LogP contribution in [0.3, 0.4) is 0 Å². The fourth-order valence-electron chi connectivity index (χ4n) is 8.28. The number of nitrogens with zero attached hydrogens (tertiary/aromatic N) is 3. The normalized spacial score (nSPS) is 12.8. The Kier molecular flexibility index (Phi) is 7.04. The molecule has 9 aromatic rings. The smallest absolute Gasteiger partial charge is 0.137 e. The van der Waals surface area contributed by atoms with Crippen LogP contribution in [0.4, 0.5) is 0 Å². The van der Waals surface area contributed by atoms with E-state index >= 15 is 0 Å². The van der Waals surface area contributed by atoms with Crippen molar-refractivity contribution in [2.45, 2.75) is 5.41 Å². The summed E-state index contributed by atoms with van der Waals surface area (Å²) in [5.41, 5.74) is 14.2. The molecule has 1 aliphatic rings. The van der Waals surface area contributed by atoms with Crippen LogP contribution in [0.2, 0.25) is 0 Å². The van der Waals surface area contributed by atoms with E-state index in [1.165, 1.54) is 38.8 Å². The molecule has 3 heterocycles. The van der Waals surface area contributed by atoms with E-state index in [9.17, 15) is 0 Å². The molecule has 52 heavy (non-hydrogen) atoms. The van der Waals surface area contributed by atoms with Gasteiger partial charge in [0.15, 0.2) is 0 Å². The minimum absolute atomic E-state index is 0.481. The first-order chi connectivity index (χ1) is 25.8. The number of hydrogen-bond donors (Lipinski definition) is 0. The highest BCUT2D eigenvalue weighted by Crippen LogP contribution is 2.58. The highest BCUT2D eigenvalue weighted by Gasteiger charge is 2.47. The summed E-state index contributed by atoms with van der Waals surface area (Å²) in [7, 11) is 0. The second-order valence-electron chi connectivity index (χ2n) is 13.4. The van der Waals surface area contributed by atoms with Crippen LogP contribution in [0.5, 0.6) is 0 Å². The third-order valence-corrected chi connectivity index (χ3v) is 10.5. The lowest BCUT2D eigenvalue weighted by atomic mass is 9.67. The molecule has 6 aromatic carbocycles. The molecule has 0 saturated carbocycles. The molecule has 3 heteroatoms. The molecule has 3 aromatic heterocycles. The van der Waals surface area contributed by atoms with E-state index in [-0.39, 0.29) is 0 Å². The molecule has 0 bridgehead atoms. The lowest BCUT2D eigenvalue weighted by molar-refractivity contribution is 0.775. The van der Waals surface area contributed by atoms with Gasteiger partial charge in [-0.25, -0.2) is 9.97 Å². The standard InChI is InChI=1S/C49H33N3/c1-5-16-34(17-6-1)36-32-44(35-18-7-2-8-19-35)50-45(33-36)43-26-15-27-47(51-43)52-31-30-41-46(52)29-28-40-39-24-13-14-25-42(39)49(48(40)41,37-20-9-3-10-21-37)38-22-11-4-12-23-38/h1-33H. The zero-order valence-electron chi connectivity index (χ0n) is 28.4. The fourth-order valence-corrected chi connectivity index (χ4v) is 8.28. The van der Waals surface area contributed by atoms with Crippen molar-refractivity contribution in [3.8, 4) is 50.7 Å². The summed E-state index contributed by atoms with van der Waals surface area (Å²) >= 11 is 0. The number of aromatic nitrogens is 3. The molecule has 3 nitrogen and oxygen atoms in total. The van der Waals surface area contributed by atoms with Gasteiger partial charge in [-0.05, 0) is 80.9 Å². The van der Waals surface area contributed by atoms with Crippen LogP contribution < -0.4 is 0 Å². The molecule has 1 aliphatic carbocycles. The largest absolute Gasteiger partial charge is 0.301 e. The van der Waals surface area contributed by atoms with Crippen molar-refractivity contribution in [1.29, 1.82) is 0 Å². The van der Waals surface area contributed by atoms with Gasteiger partial charge in [0.05, 0.1) is 28.0 Å². The summed E-state index contributed by atoms with van der Waals surface area (Å²) < 4.78 is 2.22. The van der Waals surface area contributed by atoms with Crippen LogP contribution in [0.15, 0.2) is 200 Å². The van der Waals surface area contributed by atoms with Gasteiger partial charge < -0.3 is 4.57 Å². The third kappa shape index (κ3) is 4.67. The molecule has 0 spiro atoms. The Morgan fingerprint density at radius 2 is 1.02 bits per heavy atom.